The molecule has 3 rings (SSSR count). The number of nitriles is 1. The molecule has 1 amide bonds. The quantitative estimate of drug-likeness (QED) is 0.521. The second-order valence-corrected chi connectivity index (χ2v) is 5.04. The average Bonchev–Trinajstić information content (AvgIpc) is 3.06. The molecule has 8 heteroatoms. The molecule has 8 nitrogen and oxygen atoms in total. The van der Waals surface area contributed by atoms with Crippen molar-refractivity contribution in [3.63, 3.8) is 0 Å². The van der Waals surface area contributed by atoms with Gasteiger partial charge in [-0.1, -0.05) is 6.07 Å². The summed E-state index contributed by atoms with van der Waals surface area (Å²) in [5.41, 5.74) is 0.886. The summed E-state index contributed by atoms with van der Waals surface area (Å²) in [7, 11) is 0. The van der Waals surface area contributed by atoms with Crippen LogP contribution in [0.3, 0.4) is 0 Å². The molecule has 0 unspecified atom stereocenters. The van der Waals surface area contributed by atoms with Crippen molar-refractivity contribution in [2.24, 2.45) is 0 Å². The van der Waals surface area contributed by atoms with Gasteiger partial charge in [0.05, 0.1) is 28.2 Å². The molecule has 0 aromatic heterocycles. The predicted molar refractivity (Wildman–Crippen MR) is 88.0 cm³/mol. The Morgan fingerprint density at radius 2 is 2.04 bits per heavy atom. The number of anilines is 1. The Kier molecular flexibility index (Phi) is 4.30. The molecular formula is C17H11N3O5. The molecule has 0 radical (unpaired) electrons. The number of hydrogen-bond donors (Lipinski definition) is 1. The number of fused-ring (bicyclic) bond motifs is 1. The van der Waals surface area contributed by atoms with E-state index in [-0.39, 0.29) is 18.0 Å². The zero-order chi connectivity index (χ0) is 17.8. The first-order valence-electron chi connectivity index (χ1n) is 7.14. The molecule has 1 heterocycles. The Balaban J connectivity index is 1.80. The van der Waals surface area contributed by atoms with Crippen LogP contribution < -0.4 is 14.8 Å². The molecule has 0 atom stereocenters. The highest BCUT2D eigenvalue weighted by atomic mass is 16.7. The summed E-state index contributed by atoms with van der Waals surface area (Å²) in [6.45, 7) is -0.00459. The molecule has 0 saturated carbocycles. The van der Waals surface area contributed by atoms with Gasteiger partial charge in [0.2, 0.25) is 12.7 Å². The highest BCUT2D eigenvalue weighted by Gasteiger charge is 2.22. The van der Waals surface area contributed by atoms with Gasteiger partial charge in [-0.15, -0.1) is 0 Å². The summed E-state index contributed by atoms with van der Waals surface area (Å²) in [5, 5.41) is 22.6. The summed E-state index contributed by atoms with van der Waals surface area (Å²) < 4.78 is 10.3. The zero-order valence-corrected chi connectivity index (χ0v) is 12.8. The first-order valence-corrected chi connectivity index (χ1v) is 7.14. The molecule has 1 N–H and O–H groups in total. The topological polar surface area (TPSA) is 114 Å². The molecule has 0 fully saturated rings. The summed E-state index contributed by atoms with van der Waals surface area (Å²) in [4.78, 5) is 22.6. The fraction of sp³-hybridized carbons (Fsp3) is 0.0588. The van der Waals surface area contributed by atoms with Gasteiger partial charge in [-0.2, -0.15) is 5.26 Å². The highest BCUT2D eigenvalue weighted by Crippen LogP contribution is 2.38. The van der Waals surface area contributed by atoms with E-state index in [2.05, 4.69) is 5.32 Å². The van der Waals surface area contributed by atoms with E-state index in [4.69, 9.17) is 14.7 Å². The van der Waals surface area contributed by atoms with E-state index in [1.807, 2.05) is 6.07 Å². The number of carbonyl (C=O) groups excluding carboxylic acids is 1. The number of carbonyl (C=O) groups is 1. The number of amides is 1. The van der Waals surface area contributed by atoms with E-state index < -0.39 is 10.8 Å². The average molecular weight is 337 g/mol. The van der Waals surface area contributed by atoms with Gasteiger partial charge >= 0.3 is 0 Å². The lowest BCUT2D eigenvalue weighted by atomic mass is 10.1. The Labute approximate surface area is 142 Å². The van der Waals surface area contributed by atoms with Gasteiger partial charge in [0.15, 0.2) is 11.5 Å². The zero-order valence-electron chi connectivity index (χ0n) is 12.8. The Morgan fingerprint density at radius 3 is 2.76 bits per heavy atom. The second-order valence-electron chi connectivity index (χ2n) is 5.04. The minimum absolute atomic E-state index is 0.00459. The number of rotatable bonds is 4. The number of nitrogens with zero attached hydrogens (tertiary/aromatic N) is 2. The van der Waals surface area contributed by atoms with Crippen molar-refractivity contribution in [3.8, 4) is 17.6 Å². The van der Waals surface area contributed by atoms with Gasteiger partial charge < -0.3 is 14.8 Å². The minimum Gasteiger partial charge on any atom is -0.454 e. The fourth-order valence-electron chi connectivity index (χ4n) is 2.25. The van der Waals surface area contributed by atoms with Crippen LogP contribution in [0.2, 0.25) is 0 Å². The molecule has 2 aromatic rings. The third-order valence-electron chi connectivity index (χ3n) is 3.39. The Hall–Kier alpha value is -3.86. The Bertz CT molecular complexity index is 930. The number of nitro groups is 1. The maximum Gasteiger partial charge on any atom is 0.280 e. The van der Waals surface area contributed by atoms with E-state index in [1.165, 1.54) is 30.4 Å². The van der Waals surface area contributed by atoms with Crippen LogP contribution in [0.25, 0.3) is 6.08 Å². The largest absolute Gasteiger partial charge is 0.454 e. The molecule has 25 heavy (non-hydrogen) atoms. The monoisotopic (exact) mass is 337 g/mol. The van der Waals surface area contributed by atoms with Gasteiger partial charge in [-0.05, 0) is 30.3 Å². The van der Waals surface area contributed by atoms with Crippen LogP contribution in [-0.2, 0) is 4.79 Å². The molecule has 124 valence electrons. The standard InChI is InChI=1S/C17H11N3O5/c18-9-11-2-1-3-13(6-11)19-17(21)5-4-12-7-15-16(25-10-24-15)8-14(12)20(22)23/h1-8H,10H2,(H,19,21)/b5-4+. The maximum atomic E-state index is 12.0. The third kappa shape index (κ3) is 3.56. The van der Waals surface area contributed by atoms with Crippen LogP contribution >= 0.6 is 0 Å². The smallest absolute Gasteiger partial charge is 0.280 e. The summed E-state index contributed by atoms with van der Waals surface area (Å²) in [6, 6.07) is 11.1. The highest BCUT2D eigenvalue weighted by molar-refractivity contribution is 6.02. The van der Waals surface area contributed by atoms with Crippen LogP contribution in [0.15, 0.2) is 42.5 Å². The van der Waals surface area contributed by atoms with Crippen LogP contribution in [0.4, 0.5) is 11.4 Å². The van der Waals surface area contributed by atoms with Gasteiger partial charge in [0, 0.05) is 11.8 Å². The van der Waals surface area contributed by atoms with Gasteiger partial charge in [-0.3, -0.25) is 14.9 Å². The molecule has 1 aliphatic rings. The third-order valence-corrected chi connectivity index (χ3v) is 3.39. The lowest BCUT2D eigenvalue weighted by molar-refractivity contribution is -0.385. The molecule has 0 aliphatic carbocycles. The van der Waals surface area contributed by atoms with E-state index in [0.717, 1.165) is 0 Å². The fourth-order valence-corrected chi connectivity index (χ4v) is 2.25. The minimum atomic E-state index is -0.560. The summed E-state index contributed by atoms with van der Waals surface area (Å²) in [6.07, 6.45) is 2.49. The van der Waals surface area contributed by atoms with Crippen molar-refractivity contribution in [2.45, 2.75) is 0 Å². The van der Waals surface area contributed by atoms with Crippen molar-refractivity contribution in [1.82, 2.24) is 0 Å². The number of ether oxygens (including phenoxy) is 2. The lowest BCUT2D eigenvalue weighted by Gasteiger charge is -2.03. The van der Waals surface area contributed by atoms with Crippen molar-refractivity contribution >= 4 is 23.4 Å². The van der Waals surface area contributed by atoms with Gasteiger partial charge in [0.25, 0.3) is 5.69 Å². The number of nitro benzene ring substituents is 1. The van der Waals surface area contributed by atoms with Crippen molar-refractivity contribution in [3.05, 3.63) is 63.7 Å². The van der Waals surface area contributed by atoms with Crippen LogP contribution in [0.1, 0.15) is 11.1 Å². The van der Waals surface area contributed by atoms with E-state index in [9.17, 15) is 14.9 Å². The molecular weight excluding hydrogens is 326 g/mol. The van der Waals surface area contributed by atoms with E-state index >= 15 is 0 Å². The lowest BCUT2D eigenvalue weighted by Crippen LogP contribution is -2.07. The number of hydrogen-bond acceptors (Lipinski definition) is 6. The van der Waals surface area contributed by atoms with Gasteiger partial charge in [-0.25, -0.2) is 0 Å². The van der Waals surface area contributed by atoms with Gasteiger partial charge in [0.1, 0.15) is 0 Å². The van der Waals surface area contributed by atoms with Crippen molar-refractivity contribution in [2.75, 3.05) is 12.1 Å². The maximum absolute atomic E-state index is 12.0. The van der Waals surface area contributed by atoms with Crippen molar-refractivity contribution in [1.29, 1.82) is 5.26 Å². The molecule has 0 bridgehead atoms. The number of nitrogens with one attached hydrogen (secondary N) is 1. The van der Waals surface area contributed by atoms with Crippen molar-refractivity contribution < 1.29 is 19.2 Å². The molecule has 0 saturated heterocycles. The molecule has 1 aliphatic heterocycles. The summed E-state index contributed by atoms with van der Waals surface area (Å²) in [5.74, 6) is 0.191. The SMILES string of the molecule is N#Cc1cccc(NC(=O)/C=C/c2cc3c(cc2[N+](=O)[O-])OCO3)c1. The van der Waals surface area contributed by atoms with Crippen LogP contribution in [0, 0.1) is 21.4 Å². The Morgan fingerprint density at radius 1 is 1.28 bits per heavy atom. The van der Waals surface area contributed by atoms with E-state index in [0.29, 0.717) is 22.7 Å². The van der Waals surface area contributed by atoms with Crippen LogP contribution in [0.5, 0.6) is 11.5 Å². The molecule has 2 aromatic carbocycles. The van der Waals surface area contributed by atoms with E-state index in [1.54, 1.807) is 18.2 Å². The normalized spacial score (nSPS) is 12.0. The first kappa shape index (κ1) is 16.0. The van der Waals surface area contributed by atoms with Crippen LogP contribution in [-0.4, -0.2) is 17.6 Å². The predicted octanol–water partition coefficient (Wildman–Crippen LogP) is 2.85. The number of benzene rings is 2. The first-order chi connectivity index (χ1) is 12.1. The molecule has 0 spiro atoms. The summed E-state index contributed by atoms with van der Waals surface area (Å²) >= 11 is 0. The second kappa shape index (κ2) is 6.72.